The SMILES string of the molecule is O=C(Cc1ccccc1)Nc1ccc(CCCCc2nnc(NC(=O)Cc3cccc(CNC(O)Cc4ccccc4)c3)s2)nn1. The molecular weight excluding hydrogens is 598 g/mol. The van der Waals surface area contributed by atoms with Gasteiger partial charge in [0.15, 0.2) is 5.82 Å². The summed E-state index contributed by atoms with van der Waals surface area (Å²) in [6.07, 6.45) is 3.65. The molecule has 3 aromatic carbocycles. The van der Waals surface area contributed by atoms with Crippen LogP contribution in [0.25, 0.3) is 0 Å². The maximum absolute atomic E-state index is 12.7. The van der Waals surface area contributed by atoms with Crippen molar-refractivity contribution in [3.8, 4) is 0 Å². The highest BCUT2D eigenvalue weighted by molar-refractivity contribution is 7.15. The maximum atomic E-state index is 12.7. The second-order valence-electron chi connectivity index (χ2n) is 11.0. The number of unbranched alkanes of at least 4 members (excludes halogenated alkanes) is 1. The van der Waals surface area contributed by atoms with Crippen LogP contribution in [0, 0.1) is 0 Å². The molecule has 0 saturated heterocycles. The van der Waals surface area contributed by atoms with Crippen molar-refractivity contribution in [3.63, 3.8) is 0 Å². The number of benzene rings is 3. The maximum Gasteiger partial charge on any atom is 0.230 e. The van der Waals surface area contributed by atoms with Crippen molar-refractivity contribution in [2.45, 2.75) is 57.7 Å². The highest BCUT2D eigenvalue weighted by atomic mass is 32.1. The van der Waals surface area contributed by atoms with Crippen LogP contribution in [-0.2, 0) is 48.2 Å². The summed E-state index contributed by atoms with van der Waals surface area (Å²) in [6.45, 7) is 0.495. The average molecular weight is 636 g/mol. The Morgan fingerprint density at radius 1 is 0.674 bits per heavy atom. The Balaban J connectivity index is 0.983. The Hall–Kier alpha value is -4.84. The zero-order valence-electron chi connectivity index (χ0n) is 25.4. The normalized spacial score (nSPS) is 11.6. The van der Waals surface area contributed by atoms with Crippen LogP contribution in [0.5, 0.6) is 0 Å². The largest absolute Gasteiger partial charge is 0.378 e. The molecule has 10 nitrogen and oxygen atoms in total. The van der Waals surface area contributed by atoms with Crippen LogP contribution in [0.4, 0.5) is 10.9 Å². The zero-order chi connectivity index (χ0) is 32.0. The lowest BCUT2D eigenvalue weighted by atomic mass is 10.1. The Labute approximate surface area is 272 Å². The van der Waals surface area contributed by atoms with Crippen molar-refractivity contribution in [2.24, 2.45) is 0 Å². The van der Waals surface area contributed by atoms with E-state index in [9.17, 15) is 14.7 Å². The number of aliphatic hydroxyl groups excluding tert-OH is 1. The molecule has 4 N–H and O–H groups in total. The fourth-order valence-electron chi connectivity index (χ4n) is 4.86. The smallest absolute Gasteiger partial charge is 0.230 e. The molecule has 236 valence electrons. The number of nitrogens with zero attached hydrogens (tertiary/aromatic N) is 4. The first-order chi connectivity index (χ1) is 22.5. The van der Waals surface area contributed by atoms with Gasteiger partial charge < -0.3 is 15.7 Å². The van der Waals surface area contributed by atoms with E-state index < -0.39 is 6.23 Å². The molecule has 1 unspecified atom stereocenters. The number of aryl methyl sites for hydroxylation is 2. The van der Waals surface area contributed by atoms with Gasteiger partial charge in [-0.25, -0.2) is 0 Å². The third-order valence-electron chi connectivity index (χ3n) is 7.15. The van der Waals surface area contributed by atoms with Crippen molar-refractivity contribution in [1.29, 1.82) is 0 Å². The molecule has 0 fully saturated rings. The first kappa shape index (κ1) is 32.6. The minimum atomic E-state index is -0.660. The number of hydrogen-bond donors (Lipinski definition) is 4. The van der Waals surface area contributed by atoms with E-state index in [2.05, 4.69) is 36.3 Å². The lowest BCUT2D eigenvalue weighted by Crippen LogP contribution is -2.30. The van der Waals surface area contributed by atoms with Gasteiger partial charge in [0.2, 0.25) is 16.9 Å². The topological polar surface area (TPSA) is 142 Å². The highest BCUT2D eigenvalue weighted by Crippen LogP contribution is 2.18. The summed E-state index contributed by atoms with van der Waals surface area (Å²) in [7, 11) is 0. The van der Waals surface area contributed by atoms with E-state index in [0.717, 1.165) is 58.6 Å². The summed E-state index contributed by atoms with van der Waals surface area (Å²) in [5.74, 6) is 0.150. The molecule has 46 heavy (non-hydrogen) atoms. The first-order valence-electron chi connectivity index (χ1n) is 15.3. The number of anilines is 2. The molecule has 0 saturated carbocycles. The van der Waals surface area contributed by atoms with Crippen molar-refractivity contribution in [3.05, 3.63) is 130 Å². The first-order valence-corrected chi connectivity index (χ1v) is 16.1. The molecule has 0 aliphatic heterocycles. The van der Waals surface area contributed by atoms with Gasteiger partial charge in [0, 0.05) is 19.4 Å². The van der Waals surface area contributed by atoms with Gasteiger partial charge in [0.25, 0.3) is 0 Å². The van der Waals surface area contributed by atoms with Crippen LogP contribution in [0.3, 0.4) is 0 Å². The quantitative estimate of drug-likeness (QED) is 0.0886. The fourth-order valence-corrected chi connectivity index (χ4v) is 5.66. The molecule has 5 aromatic rings. The lowest BCUT2D eigenvalue weighted by Gasteiger charge is -2.13. The van der Waals surface area contributed by atoms with Crippen LogP contribution in [-0.4, -0.2) is 43.5 Å². The zero-order valence-corrected chi connectivity index (χ0v) is 26.2. The minimum absolute atomic E-state index is 0.130. The van der Waals surface area contributed by atoms with Crippen molar-refractivity contribution in [2.75, 3.05) is 10.6 Å². The van der Waals surface area contributed by atoms with E-state index >= 15 is 0 Å². The van der Waals surface area contributed by atoms with E-state index in [4.69, 9.17) is 0 Å². The third-order valence-corrected chi connectivity index (χ3v) is 8.05. The summed E-state index contributed by atoms with van der Waals surface area (Å²) in [5, 5.41) is 37.2. The van der Waals surface area contributed by atoms with Crippen molar-refractivity contribution >= 4 is 34.1 Å². The number of rotatable bonds is 16. The van der Waals surface area contributed by atoms with Gasteiger partial charge >= 0.3 is 0 Å². The fraction of sp³-hybridized carbons (Fsp3) is 0.257. The monoisotopic (exact) mass is 635 g/mol. The number of amides is 2. The number of carbonyl (C=O) groups is 2. The van der Waals surface area contributed by atoms with Gasteiger partial charge in [0.1, 0.15) is 11.2 Å². The van der Waals surface area contributed by atoms with Crippen molar-refractivity contribution in [1.82, 2.24) is 25.7 Å². The van der Waals surface area contributed by atoms with Gasteiger partial charge in [0.05, 0.1) is 18.5 Å². The van der Waals surface area contributed by atoms with Crippen LogP contribution >= 0.6 is 11.3 Å². The molecule has 0 bridgehead atoms. The molecule has 5 rings (SSSR count). The predicted molar refractivity (Wildman–Crippen MR) is 179 cm³/mol. The predicted octanol–water partition coefficient (Wildman–Crippen LogP) is 4.91. The molecule has 2 amide bonds. The molecule has 0 radical (unpaired) electrons. The molecule has 0 aliphatic carbocycles. The molecular formula is C35H37N7O3S. The average Bonchev–Trinajstić information content (AvgIpc) is 3.50. The number of hydrogen-bond acceptors (Lipinski definition) is 9. The van der Waals surface area contributed by atoms with Crippen LogP contribution in [0.15, 0.2) is 97.1 Å². The number of carbonyl (C=O) groups excluding carboxylic acids is 2. The summed E-state index contributed by atoms with van der Waals surface area (Å²) >= 11 is 1.38. The molecule has 11 heteroatoms. The van der Waals surface area contributed by atoms with Gasteiger partial charge in [-0.3, -0.25) is 14.9 Å². The third kappa shape index (κ3) is 11.0. The summed E-state index contributed by atoms with van der Waals surface area (Å²) in [4.78, 5) is 24.9. The number of aliphatic hydroxyl groups is 1. The van der Waals surface area contributed by atoms with Crippen LogP contribution in [0.2, 0.25) is 0 Å². The standard InChI is InChI=1S/C35H37N7O3S/c43-31(21-25-10-3-1-4-11-25)36-24-28-15-9-14-27(20-28)23-33(45)38-35-42-41-34(46-35)17-8-7-16-29-18-19-30(40-39-29)37-32(44)22-26-12-5-2-6-13-26/h1-6,9-15,18-20,31,36,43H,7-8,16-17,21-24H2,(H,37,40,44)(H,38,42,45). The van der Waals surface area contributed by atoms with E-state index in [1.165, 1.54) is 11.3 Å². The minimum Gasteiger partial charge on any atom is -0.378 e. The molecule has 2 aromatic heterocycles. The molecule has 0 aliphatic rings. The van der Waals surface area contributed by atoms with Crippen LogP contribution in [0.1, 0.15) is 45.8 Å². The highest BCUT2D eigenvalue weighted by Gasteiger charge is 2.11. The molecule has 0 spiro atoms. The van der Waals surface area contributed by atoms with Gasteiger partial charge in [-0.15, -0.1) is 15.3 Å². The Bertz CT molecular complexity index is 1680. The van der Waals surface area contributed by atoms with Crippen LogP contribution < -0.4 is 16.0 Å². The summed E-state index contributed by atoms with van der Waals surface area (Å²) in [5.41, 5.74) is 4.73. The Morgan fingerprint density at radius 3 is 2.11 bits per heavy atom. The summed E-state index contributed by atoms with van der Waals surface area (Å²) < 4.78 is 0. The summed E-state index contributed by atoms with van der Waals surface area (Å²) in [6, 6.07) is 30.8. The van der Waals surface area contributed by atoms with E-state index in [0.29, 0.717) is 23.9 Å². The Morgan fingerprint density at radius 2 is 1.35 bits per heavy atom. The Kier molecular flexibility index (Phi) is 12.0. The van der Waals surface area contributed by atoms with E-state index in [1.54, 1.807) is 6.07 Å². The lowest BCUT2D eigenvalue weighted by molar-refractivity contribution is -0.116. The molecule has 1 atom stereocenters. The number of aromatic nitrogens is 4. The second-order valence-corrected chi connectivity index (χ2v) is 12.0. The van der Waals surface area contributed by atoms with Gasteiger partial charge in [-0.05, 0) is 53.6 Å². The van der Waals surface area contributed by atoms with Crippen molar-refractivity contribution < 1.29 is 14.7 Å². The van der Waals surface area contributed by atoms with Gasteiger partial charge in [-0.2, -0.15) is 5.10 Å². The molecule has 2 heterocycles. The number of nitrogens with one attached hydrogen (secondary N) is 3. The van der Waals surface area contributed by atoms with E-state index in [1.807, 2.05) is 91.0 Å². The second kappa shape index (κ2) is 17.0. The van der Waals surface area contributed by atoms with Gasteiger partial charge in [-0.1, -0.05) is 96.3 Å². The van der Waals surface area contributed by atoms with E-state index in [-0.39, 0.29) is 24.7 Å².